The molecule has 2 N–H and O–H groups in total. The van der Waals surface area contributed by atoms with Gasteiger partial charge in [0, 0.05) is 24.3 Å². The fourth-order valence-corrected chi connectivity index (χ4v) is 2.54. The number of rotatable bonds is 8. The second-order valence-corrected chi connectivity index (χ2v) is 5.93. The number of aliphatic hydroxyl groups is 1. The van der Waals surface area contributed by atoms with Crippen molar-refractivity contribution in [1.29, 1.82) is 0 Å². The first kappa shape index (κ1) is 16.5. The first-order chi connectivity index (χ1) is 8.92. The molecule has 1 aromatic rings. The lowest BCUT2D eigenvalue weighted by molar-refractivity contribution is 0.133. The van der Waals surface area contributed by atoms with Crippen molar-refractivity contribution in [2.75, 3.05) is 6.61 Å². The molecule has 1 heterocycles. The van der Waals surface area contributed by atoms with E-state index in [-0.39, 0.29) is 12.1 Å². The second-order valence-electron chi connectivity index (χ2n) is 5.52. The van der Waals surface area contributed by atoms with E-state index in [1.807, 2.05) is 17.8 Å². The molecule has 0 aromatic carbocycles. The van der Waals surface area contributed by atoms with Gasteiger partial charge in [-0.3, -0.25) is 4.68 Å². The van der Waals surface area contributed by atoms with E-state index in [0.29, 0.717) is 11.1 Å². The largest absolute Gasteiger partial charge is 0.394 e. The average molecular weight is 288 g/mol. The highest BCUT2D eigenvalue weighted by Gasteiger charge is 2.27. The molecule has 0 saturated heterocycles. The van der Waals surface area contributed by atoms with Crippen LogP contribution < -0.4 is 5.32 Å². The molecule has 4 nitrogen and oxygen atoms in total. The van der Waals surface area contributed by atoms with Crippen molar-refractivity contribution in [1.82, 2.24) is 15.1 Å². The fourth-order valence-electron chi connectivity index (χ4n) is 2.39. The lowest BCUT2D eigenvalue weighted by atomic mass is 9.90. The zero-order valence-electron chi connectivity index (χ0n) is 12.4. The summed E-state index contributed by atoms with van der Waals surface area (Å²) in [6.45, 7) is 9.23. The molecular formula is C14H26ClN3O. The molecule has 0 aliphatic heterocycles. The molecule has 1 unspecified atom stereocenters. The monoisotopic (exact) mass is 287 g/mol. The maximum Gasteiger partial charge on any atom is 0.0814 e. The van der Waals surface area contributed by atoms with Crippen molar-refractivity contribution < 1.29 is 5.11 Å². The maximum absolute atomic E-state index is 9.66. The van der Waals surface area contributed by atoms with Gasteiger partial charge in [-0.25, -0.2) is 0 Å². The summed E-state index contributed by atoms with van der Waals surface area (Å²) in [7, 11) is 0. The van der Waals surface area contributed by atoms with Crippen LogP contribution in [0.2, 0.25) is 5.02 Å². The summed E-state index contributed by atoms with van der Waals surface area (Å²) in [5, 5.41) is 18.2. The molecule has 110 valence electrons. The summed E-state index contributed by atoms with van der Waals surface area (Å²) < 4.78 is 1.88. The molecule has 0 bridgehead atoms. The van der Waals surface area contributed by atoms with Gasteiger partial charge in [-0.05, 0) is 26.2 Å². The summed E-state index contributed by atoms with van der Waals surface area (Å²) in [5.74, 6) is 0. The molecular weight excluding hydrogens is 262 g/mol. The quantitative estimate of drug-likeness (QED) is 0.773. The van der Waals surface area contributed by atoms with Gasteiger partial charge in [0.1, 0.15) is 0 Å². The van der Waals surface area contributed by atoms with Crippen LogP contribution in [-0.4, -0.2) is 33.1 Å². The third-order valence-electron chi connectivity index (χ3n) is 3.50. The predicted molar refractivity (Wildman–Crippen MR) is 79.6 cm³/mol. The lowest BCUT2D eigenvalue weighted by Crippen LogP contribution is -2.51. The summed E-state index contributed by atoms with van der Waals surface area (Å²) in [6.07, 6.45) is 4.67. The van der Waals surface area contributed by atoms with Crippen molar-refractivity contribution in [3.8, 4) is 0 Å². The molecule has 5 heteroatoms. The number of hydrogen-bond donors (Lipinski definition) is 2. The second kappa shape index (κ2) is 7.27. The van der Waals surface area contributed by atoms with Gasteiger partial charge in [0.05, 0.1) is 17.3 Å². The van der Waals surface area contributed by atoms with E-state index in [1.165, 1.54) is 0 Å². The van der Waals surface area contributed by atoms with Gasteiger partial charge < -0.3 is 10.4 Å². The van der Waals surface area contributed by atoms with Gasteiger partial charge in [0.2, 0.25) is 0 Å². The Balaban J connectivity index is 2.52. The standard InChI is InChI=1S/C14H26ClN3O/c1-5-14(10-19,16-11(2)3)7-6-8-18-9-13(15)12(4)17-18/h9,11,16,19H,5-8,10H2,1-4H3. The Morgan fingerprint density at radius 3 is 2.63 bits per heavy atom. The Bertz CT molecular complexity index is 367. The van der Waals surface area contributed by atoms with Gasteiger partial charge in [-0.15, -0.1) is 0 Å². The molecule has 19 heavy (non-hydrogen) atoms. The summed E-state index contributed by atoms with van der Waals surface area (Å²) in [6, 6.07) is 0.369. The Morgan fingerprint density at radius 1 is 1.53 bits per heavy atom. The number of halogens is 1. The number of aliphatic hydroxyl groups excluding tert-OH is 1. The Kier molecular flexibility index (Phi) is 6.30. The molecule has 0 saturated carbocycles. The minimum atomic E-state index is -0.180. The smallest absolute Gasteiger partial charge is 0.0814 e. The van der Waals surface area contributed by atoms with Gasteiger partial charge in [-0.2, -0.15) is 5.10 Å². The van der Waals surface area contributed by atoms with Crippen LogP contribution in [0.5, 0.6) is 0 Å². The van der Waals surface area contributed by atoms with Crippen molar-refractivity contribution in [2.24, 2.45) is 0 Å². The van der Waals surface area contributed by atoms with Crippen LogP contribution in [0.4, 0.5) is 0 Å². The van der Waals surface area contributed by atoms with E-state index in [9.17, 15) is 5.11 Å². The molecule has 0 aliphatic rings. The molecule has 0 spiro atoms. The predicted octanol–water partition coefficient (Wildman–Crippen LogP) is 2.76. The van der Waals surface area contributed by atoms with Gasteiger partial charge in [-0.1, -0.05) is 32.4 Å². The van der Waals surface area contributed by atoms with E-state index in [1.54, 1.807) is 0 Å². The molecule has 0 fully saturated rings. The normalized spacial score (nSPS) is 14.9. The van der Waals surface area contributed by atoms with E-state index < -0.39 is 0 Å². The molecule has 0 radical (unpaired) electrons. The Hall–Kier alpha value is -0.580. The minimum Gasteiger partial charge on any atom is -0.394 e. The zero-order chi connectivity index (χ0) is 14.5. The summed E-state index contributed by atoms with van der Waals surface area (Å²) >= 11 is 5.99. The van der Waals surface area contributed by atoms with Crippen molar-refractivity contribution >= 4 is 11.6 Å². The maximum atomic E-state index is 9.66. The SMILES string of the molecule is CCC(CO)(CCCn1cc(Cl)c(C)n1)NC(C)C. The van der Waals surface area contributed by atoms with E-state index >= 15 is 0 Å². The Labute approximate surface area is 121 Å². The fraction of sp³-hybridized carbons (Fsp3) is 0.786. The first-order valence-electron chi connectivity index (χ1n) is 7.00. The summed E-state index contributed by atoms with van der Waals surface area (Å²) in [4.78, 5) is 0. The number of nitrogens with one attached hydrogen (secondary N) is 1. The van der Waals surface area contributed by atoms with Crippen LogP contribution in [0.25, 0.3) is 0 Å². The number of hydrogen-bond acceptors (Lipinski definition) is 3. The van der Waals surface area contributed by atoms with Crippen LogP contribution in [0, 0.1) is 6.92 Å². The number of aromatic nitrogens is 2. The summed E-state index contributed by atoms with van der Waals surface area (Å²) in [5.41, 5.74) is 0.686. The third kappa shape index (κ3) is 4.79. The van der Waals surface area contributed by atoms with Gasteiger partial charge >= 0.3 is 0 Å². The van der Waals surface area contributed by atoms with Gasteiger partial charge in [0.25, 0.3) is 0 Å². The zero-order valence-corrected chi connectivity index (χ0v) is 13.2. The molecule has 1 atom stereocenters. The first-order valence-corrected chi connectivity index (χ1v) is 7.38. The van der Waals surface area contributed by atoms with Crippen LogP contribution in [0.15, 0.2) is 6.20 Å². The highest BCUT2D eigenvalue weighted by atomic mass is 35.5. The lowest BCUT2D eigenvalue weighted by Gasteiger charge is -2.34. The van der Waals surface area contributed by atoms with Crippen LogP contribution in [0.3, 0.4) is 0 Å². The van der Waals surface area contributed by atoms with E-state index in [2.05, 4.69) is 31.2 Å². The van der Waals surface area contributed by atoms with E-state index in [0.717, 1.165) is 31.5 Å². The van der Waals surface area contributed by atoms with Crippen molar-refractivity contribution in [3.05, 3.63) is 16.9 Å². The van der Waals surface area contributed by atoms with Crippen LogP contribution in [0.1, 0.15) is 45.7 Å². The highest BCUT2D eigenvalue weighted by molar-refractivity contribution is 6.31. The number of nitrogens with zero attached hydrogens (tertiary/aromatic N) is 2. The van der Waals surface area contributed by atoms with Crippen molar-refractivity contribution in [2.45, 2.75) is 65.1 Å². The minimum absolute atomic E-state index is 0.167. The highest BCUT2D eigenvalue weighted by Crippen LogP contribution is 2.19. The van der Waals surface area contributed by atoms with Crippen molar-refractivity contribution in [3.63, 3.8) is 0 Å². The van der Waals surface area contributed by atoms with Crippen LogP contribution >= 0.6 is 11.6 Å². The number of aryl methyl sites for hydroxylation is 2. The molecule has 0 aliphatic carbocycles. The topological polar surface area (TPSA) is 50.1 Å². The van der Waals surface area contributed by atoms with E-state index in [4.69, 9.17) is 11.6 Å². The molecule has 1 aromatic heterocycles. The molecule has 0 amide bonds. The third-order valence-corrected chi connectivity index (χ3v) is 3.87. The van der Waals surface area contributed by atoms with Gasteiger partial charge in [0.15, 0.2) is 0 Å². The Morgan fingerprint density at radius 2 is 2.21 bits per heavy atom. The average Bonchev–Trinajstić information content (AvgIpc) is 2.67. The van der Waals surface area contributed by atoms with Crippen LogP contribution in [-0.2, 0) is 6.54 Å². The molecule has 1 rings (SSSR count).